The zero-order valence-corrected chi connectivity index (χ0v) is 22.7. The molecule has 2 aromatic rings. The van der Waals surface area contributed by atoms with E-state index in [2.05, 4.69) is 11.8 Å². The van der Waals surface area contributed by atoms with Gasteiger partial charge < -0.3 is 9.47 Å². The summed E-state index contributed by atoms with van der Waals surface area (Å²) in [6.07, 6.45) is -5.42. The first-order valence-corrected chi connectivity index (χ1v) is 14.1. The second-order valence-corrected chi connectivity index (χ2v) is 11.6. The molecule has 10 heteroatoms. The van der Waals surface area contributed by atoms with E-state index in [9.17, 15) is 31.1 Å². The zero-order chi connectivity index (χ0) is 28.8. The predicted molar refractivity (Wildman–Crippen MR) is 138 cm³/mol. The van der Waals surface area contributed by atoms with Gasteiger partial charge in [-0.3, -0.25) is 9.69 Å². The number of ether oxygens (including phenoxy) is 2. The molecule has 1 saturated carbocycles. The number of fused-ring (bicyclic) bond motifs is 3. The maximum Gasteiger partial charge on any atom is 0.420 e. The monoisotopic (exact) mass is 571 g/mol. The number of rotatable bonds is 5. The number of carbonyl (C=O) groups is 1. The molecule has 2 bridgehead atoms. The largest absolute Gasteiger partial charge is 0.490 e. The Morgan fingerprint density at radius 1 is 0.925 bits per heavy atom. The molecule has 4 nitrogen and oxygen atoms in total. The van der Waals surface area contributed by atoms with Gasteiger partial charge in [0.05, 0.1) is 25.0 Å². The lowest BCUT2D eigenvalue weighted by atomic mass is 9.77. The van der Waals surface area contributed by atoms with Gasteiger partial charge >= 0.3 is 18.3 Å². The van der Waals surface area contributed by atoms with E-state index in [1.807, 2.05) is 0 Å². The molecule has 5 rings (SSSR count). The maximum atomic E-state index is 14.3. The van der Waals surface area contributed by atoms with Crippen LogP contribution in [0.25, 0.3) is 10.8 Å². The predicted octanol–water partition coefficient (Wildman–Crippen LogP) is 8.23. The van der Waals surface area contributed by atoms with Crippen LogP contribution in [0.4, 0.5) is 26.3 Å². The minimum absolute atomic E-state index is 0.00882. The number of piperidine rings is 2. The van der Waals surface area contributed by atoms with Crippen molar-refractivity contribution < 1.29 is 40.6 Å². The van der Waals surface area contributed by atoms with Crippen LogP contribution in [-0.2, 0) is 15.7 Å². The van der Waals surface area contributed by atoms with E-state index in [1.165, 1.54) is 19.2 Å². The standard InChI is InChI=1S/C30H35F6NO3/c1-17(37-22-4-3-5-23(37)16-20(15-22)28(38)39-2)18-6-12-25-19(14-18)7-13-26(27(25)30(34,35)36)40-24-10-8-21(9-11-24)29(31,32)33/h6-7,12-14,17,20-24H,3-5,8-11,15-16H2,1-2H3. The summed E-state index contributed by atoms with van der Waals surface area (Å²) in [4.78, 5) is 14.6. The van der Waals surface area contributed by atoms with E-state index in [-0.39, 0.29) is 66.8 Å². The molecule has 0 radical (unpaired) electrons. The third kappa shape index (κ3) is 5.78. The molecule has 2 aliphatic heterocycles. The summed E-state index contributed by atoms with van der Waals surface area (Å²) in [5.41, 5.74) is 0.00564. The summed E-state index contributed by atoms with van der Waals surface area (Å²) in [7, 11) is 1.41. The molecule has 0 spiro atoms. The van der Waals surface area contributed by atoms with Gasteiger partial charge in [0.2, 0.25) is 0 Å². The van der Waals surface area contributed by atoms with E-state index >= 15 is 0 Å². The van der Waals surface area contributed by atoms with Crippen molar-refractivity contribution in [2.75, 3.05) is 7.11 Å². The Labute approximate surface area is 230 Å². The first-order valence-electron chi connectivity index (χ1n) is 14.1. The lowest BCUT2D eigenvalue weighted by molar-refractivity contribution is -0.185. The van der Waals surface area contributed by atoms with E-state index in [1.54, 1.807) is 18.2 Å². The first-order chi connectivity index (χ1) is 18.9. The molecule has 220 valence electrons. The van der Waals surface area contributed by atoms with Crippen LogP contribution in [-0.4, -0.2) is 42.3 Å². The van der Waals surface area contributed by atoms with E-state index in [4.69, 9.17) is 9.47 Å². The molecule has 0 amide bonds. The minimum atomic E-state index is -4.70. The second-order valence-electron chi connectivity index (χ2n) is 11.6. The normalized spacial score (nSPS) is 28.8. The smallest absolute Gasteiger partial charge is 0.420 e. The summed E-state index contributed by atoms with van der Waals surface area (Å²) in [5.74, 6) is -2.08. The summed E-state index contributed by atoms with van der Waals surface area (Å²) in [6, 6.07) is 8.25. The molecule has 2 saturated heterocycles. The summed E-state index contributed by atoms with van der Waals surface area (Å²) < 4.78 is 92.7. The number of esters is 1. The highest BCUT2D eigenvalue weighted by atomic mass is 19.4. The van der Waals surface area contributed by atoms with Crippen molar-refractivity contribution in [2.24, 2.45) is 11.8 Å². The average Bonchev–Trinajstić information content (AvgIpc) is 2.90. The number of hydrogen-bond donors (Lipinski definition) is 0. The highest BCUT2D eigenvalue weighted by Gasteiger charge is 2.44. The van der Waals surface area contributed by atoms with Gasteiger partial charge in [0.15, 0.2) is 0 Å². The quantitative estimate of drug-likeness (QED) is 0.268. The Balaban J connectivity index is 1.39. The number of alkyl halides is 6. The van der Waals surface area contributed by atoms with Crippen molar-refractivity contribution in [3.05, 3.63) is 41.5 Å². The average molecular weight is 572 g/mol. The molecule has 3 atom stereocenters. The van der Waals surface area contributed by atoms with Crippen molar-refractivity contribution in [1.29, 1.82) is 0 Å². The molecule has 0 N–H and O–H groups in total. The summed E-state index contributed by atoms with van der Waals surface area (Å²) >= 11 is 0. The van der Waals surface area contributed by atoms with Crippen LogP contribution in [0, 0.1) is 11.8 Å². The lowest BCUT2D eigenvalue weighted by Gasteiger charge is -2.51. The number of nitrogens with zero attached hydrogens (tertiary/aromatic N) is 1. The van der Waals surface area contributed by atoms with Crippen LogP contribution in [0.1, 0.15) is 81.9 Å². The van der Waals surface area contributed by atoms with Gasteiger partial charge in [0, 0.05) is 18.1 Å². The fourth-order valence-electron chi connectivity index (χ4n) is 7.25. The molecule has 3 aliphatic rings. The summed E-state index contributed by atoms with van der Waals surface area (Å²) in [6.45, 7) is 2.06. The summed E-state index contributed by atoms with van der Waals surface area (Å²) in [5, 5.41) is 0.439. The van der Waals surface area contributed by atoms with Gasteiger partial charge in [-0.1, -0.05) is 24.6 Å². The second kappa shape index (κ2) is 11.1. The van der Waals surface area contributed by atoms with Crippen molar-refractivity contribution in [1.82, 2.24) is 4.90 Å². The van der Waals surface area contributed by atoms with Crippen molar-refractivity contribution in [3.63, 3.8) is 0 Å². The van der Waals surface area contributed by atoms with Gasteiger partial charge in [-0.15, -0.1) is 0 Å². The molecule has 2 aromatic carbocycles. The van der Waals surface area contributed by atoms with E-state index in [0.717, 1.165) is 24.8 Å². The number of halogens is 6. The number of hydrogen-bond acceptors (Lipinski definition) is 4. The van der Waals surface area contributed by atoms with Gasteiger partial charge in [-0.25, -0.2) is 0 Å². The third-order valence-electron chi connectivity index (χ3n) is 9.22. The van der Waals surface area contributed by atoms with Gasteiger partial charge in [0.25, 0.3) is 0 Å². The lowest BCUT2D eigenvalue weighted by Crippen LogP contribution is -2.54. The Hall–Kier alpha value is -2.49. The number of benzene rings is 2. The SMILES string of the molecule is COC(=O)C1CC2CCCC(C1)N2C(C)c1ccc2c(C(F)(F)F)c(OC3CCC(C(F)(F)F)CC3)ccc2c1. The topological polar surface area (TPSA) is 38.8 Å². The Bertz CT molecular complexity index is 1210. The Morgan fingerprint density at radius 2 is 1.57 bits per heavy atom. The van der Waals surface area contributed by atoms with Crippen molar-refractivity contribution in [2.45, 2.75) is 101 Å². The van der Waals surface area contributed by atoms with Crippen LogP contribution in [0.5, 0.6) is 5.75 Å². The van der Waals surface area contributed by atoms with E-state index < -0.39 is 29.9 Å². The van der Waals surface area contributed by atoms with Gasteiger partial charge in [0.1, 0.15) is 11.3 Å². The minimum Gasteiger partial charge on any atom is -0.490 e. The maximum absolute atomic E-state index is 14.3. The fourth-order valence-corrected chi connectivity index (χ4v) is 7.25. The van der Waals surface area contributed by atoms with Gasteiger partial charge in [-0.2, -0.15) is 26.3 Å². The molecule has 1 aliphatic carbocycles. The van der Waals surface area contributed by atoms with Crippen LogP contribution in [0.3, 0.4) is 0 Å². The number of methoxy groups -OCH3 is 1. The van der Waals surface area contributed by atoms with Gasteiger partial charge in [-0.05, 0) is 86.8 Å². The molecule has 3 unspecified atom stereocenters. The van der Waals surface area contributed by atoms with Crippen LogP contribution < -0.4 is 4.74 Å². The highest BCUT2D eigenvalue weighted by molar-refractivity contribution is 5.89. The molecular weight excluding hydrogens is 536 g/mol. The Morgan fingerprint density at radius 3 is 2.15 bits per heavy atom. The molecule has 40 heavy (non-hydrogen) atoms. The molecular formula is C30H35F6NO3. The third-order valence-corrected chi connectivity index (χ3v) is 9.22. The van der Waals surface area contributed by atoms with E-state index in [0.29, 0.717) is 18.2 Å². The Kier molecular flexibility index (Phi) is 8.03. The van der Waals surface area contributed by atoms with Crippen LogP contribution in [0.2, 0.25) is 0 Å². The molecule has 3 fully saturated rings. The fraction of sp³-hybridized carbons (Fsp3) is 0.633. The zero-order valence-electron chi connectivity index (χ0n) is 22.7. The van der Waals surface area contributed by atoms with Crippen molar-refractivity contribution >= 4 is 16.7 Å². The highest BCUT2D eigenvalue weighted by Crippen LogP contribution is 2.46. The van der Waals surface area contributed by atoms with Crippen molar-refractivity contribution in [3.8, 4) is 5.75 Å². The molecule has 2 heterocycles. The molecule has 0 aromatic heterocycles. The first kappa shape index (κ1) is 29.0. The number of carbonyl (C=O) groups excluding carboxylic acids is 1. The van der Waals surface area contributed by atoms with Crippen LogP contribution >= 0.6 is 0 Å². The van der Waals surface area contributed by atoms with Crippen LogP contribution in [0.15, 0.2) is 30.3 Å².